The van der Waals surface area contributed by atoms with Crippen LogP contribution in [0.15, 0.2) is 0 Å². The van der Waals surface area contributed by atoms with Gasteiger partial charge < -0.3 is 20.1 Å². The van der Waals surface area contributed by atoms with Crippen LogP contribution in [0, 0.1) is 0 Å². The maximum absolute atomic E-state index is 11.7. The number of amides is 1. The molecule has 5 nitrogen and oxygen atoms in total. The Bertz CT molecular complexity index is 200. The lowest BCUT2D eigenvalue weighted by Crippen LogP contribution is -2.48. The minimum absolute atomic E-state index is 0.0238. The van der Waals surface area contributed by atoms with Crippen LogP contribution < -0.4 is 10.6 Å². The second-order valence-corrected chi connectivity index (χ2v) is 4.09. The predicted molar refractivity (Wildman–Crippen MR) is 68.1 cm³/mol. The van der Waals surface area contributed by atoms with Gasteiger partial charge in [-0.1, -0.05) is 6.92 Å². The predicted octanol–water partition coefficient (Wildman–Crippen LogP) is 0.542. The summed E-state index contributed by atoms with van der Waals surface area (Å²) in [5.74, 6) is 0.0238. The lowest BCUT2D eigenvalue weighted by molar-refractivity contribution is -0.123. The molecule has 2 N–H and O–H groups in total. The Balaban J connectivity index is 3.78. The molecule has 0 aliphatic heterocycles. The highest BCUT2D eigenvalue weighted by Gasteiger charge is 2.15. The molecule has 17 heavy (non-hydrogen) atoms. The summed E-state index contributed by atoms with van der Waals surface area (Å²) >= 11 is 0. The van der Waals surface area contributed by atoms with E-state index in [0.717, 1.165) is 12.8 Å². The Labute approximate surface area is 104 Å². The summed E-state index contributed by atoms with van der Waals surface area (Å²) in [4.78, 5) is 11.7. The SMILES string of the molecule is CCC(COC)NC(C)C(=O)NCCCOC. The van der Waals surface area contributed by atoms with Crippen molar-refractivity contribution < 1.29 is 14.3 Å². The van der Waals surface area contributed by atoms with Crippen LogP contribution in [0.3, 0.4) is 0 Å². The number of hydrogen-bond acceptors (Lipinski definition) is 4. The summed E-state index contributed by atoms with van der Waals surface area (Å²) in [5, 5.41) is 6.11. The highest BCUT2D eigenvalue weighted by molar-refractivity contribution is 5.81. The zero-order valence-electron chi connectivity index (χ0n) is 11.4. The molecule has 0 spiro atoms. The summed E-state index contributed by atoms with van der Waals surface area (Å²) in [6, 6.07) is 0.0253. The van der Waals surface area contributed by atoms with Crippen molar-refractivity contribution in [2.75, 3.05) is 34.0 Å². The molecule has 0 aromatic rings. The zero-order valence-corrected chi connectivity index (χ0v) is 11.4. The minimum atomic E-state index is -0.197. The molecule has 0 aromatic heterocycles. The smallest absolute Gasteiger partial charge is 0.236 e. The molecule has 0 aromatic carbocycles. The Morgan fingerprint density at radius 2 is 2.00 bits per heavy atom. The molecular formula is C12H26N2O3. The van der Waals surface area contributed by atoms with E-state index in [2.05, 4.69) is 17.6 Å². The van der Waals surface area contributed by atoms with E-state index in [1.165, 1.54) is 0 Å². The lowest BCUT2D eigenvalue weighted by atomic mass is 10.2. The van der Waals surface area contributed by atoms with Crippen LogP contribution in [0.5, 0.6) is 0 Å². The first-order valence-corrected chi connectivity index (χ1v) is 6.17. The summed E-state index contributed by atoms with van der Waals surface area (Å²) in [6.45, 7) is 5.88. The Hall–Kier alpha value is -0.650. The van der Waals surface area contributed by atoms with Crippen LogP contribution >= 0.6 is 0 Å². The molecular weight excluding hydrogens is 220 g/mol. The number of rotatable bonds is 10. The quantitative estimate of drug-likeness (QED) is 0.552. The standard InChI is InChI=1S/C12H26N2O3/c1-5-11(9-17-4)14-10(2)12(15)13-7-6-8-16-3/h10-11,14H,5-9H2,1-4H3,(H,13,15). The molecule has 0 heterocycles. The monoisotopic (exact) mass is 246 g/mol. The molecule has 2 unspecified atom stereocenters. The van der Waals surface area contributed by atoms with Gasteiger partial charge in [-0.25, -0.2) is 0 Å². The molecule has 5 heteroatoms. The van der Waals surface area contributed by atoms with E-state index in [1.54, 1.807) is 14.2 Å². The molecule has 0 saturated heterocycles. The highest BCUT2D eigenvalue weighted by Crippen LogP contribution is 1.95. The fourth-order valence-corrected chi connectivity index (χ4v) is 1.50. The summed E-state index contributed by atoms with van der Waals surface area (Å²) < 4.78 is 9.99. The molecule has 0 aliphatic rings. The maximum atomic E-state index is 11.7. The van der Waals surface area contributed by atoms with Crippen molar-refractivity contribution in [1.82, 2.24) is 10.6 Å². The summed E-state index contributed by atoms with van der Waals surface area (Å²) in [5.41, 5.74) is 0. The minimum Gasteiger partial charge on any atom is -0.385 e. The first kappa shape index (κ1) is 16.4. The van der Waals surface area contributed by atoms with E-state index in [9.17, 15) is 4.79 Å². The van der Waals surface area contributed by atoms with Crippen LogP contribution in [-0.4, -0.2) is 52.0 Å². The maximum Gasteiger partial charge on any atom is 0.236 e. The molecule has 2 atom stereocenters. The second kappa shape index (κ2) is 10.5. The van der Waals surface area contributed by atoms with Gasteiger partial charge in [0.25, 0.3) is 0 Å². The van der Waals surface area contributed by atoms with Gasteiger partial charge in [0.15, 0.2) is 0 Å². The van der Waals surface area contributed by atoms with Crippen molar-refractivity contribution in [2.24, 2.45) is 0 Å². The first-order valence-electron chi connectivity index (χ1n) is 6.17. The molecule has 0 fully saturated rings. The number of methoxy groups -OCH3 is 2. The largest absolute Gasteiger partial charge is 0.385 e. The topological polar surface area (TPSA) is 59.6 Å². The second-order valence-electron chi connectivity index (χ2n) is 4.09. The lowest BCUT2D eigenvalue weighted by Gasteiger charge is -2.21. The zero-order chi connectivity index (χ0) is 13.1. The summed E-state index contributed by atoms with van der Waals surface area (Å²) in [7, 11) is 3.32. The third-order valence-corrected chi connectivity index (χ3v) is 2.56. The Kier molecular flexibility index (Phi) is 10.1. The van der Waals surface area contributed by atoms with E-state index in [1.807, 2.05) is 6.92 Å². The van der Waals surface area contributed by atoms with Gasteiger partial charge in [-0.15, -0.1) is 0 Å². The van der Waals surface area contributed by atoms with Gasteiger partial charge >= 0.3 is 0 Å². The number of ether oxygens (including phenoxy) is 2. The number of carbonyl (C=O) groups is 1. The number of carbonyl (C=O) groups excluding carboxylic acids is 1. The Morgan fingerprint density at radius 3 is 2.53 bits per heavy atom. The van der Waals surface area contributed by atoms with Crippen LogP contribution in [-0.2, 0) is 14.3 Å². The van der Waals surface area contributed by atoms with Crippen molar-refractivity contribution in [3.63, 3.8) is 0 Å². The molecule has 1 amide bonds. The molecule has 0 radical (unpaired) electrons. The number of nitrogens with one attached hydrogen (secondary N) is 2. The van der Waals surface area contributed by atoms with Gasteiger partial charge in [-0.2, -0.15) is 0 Å². The first-order chi connectivity index (χ1) is 8.15. The van der Waals surface area contributed by atoms with Gasteiger partial charge in [0, 0.05) is 33.4 Å². The molecule has 0 saturated carbocycles. The van der Waals surface area contributed by atoms with Crippen LogP contribution in [0.2, 0.25) is 0 Å². The molecule has 0 bridgehead atoms. The van der Waals surface area contributed by atoms with E-state index >= 15 is 0 Å². The average molecular weight is 246 g/mol. The molecule has 102 valence electrons. The van der Waals surface area contributed by atoms with Gasteiger partial charge in [0.05, 0.1) is 12.6 Å². The van der Waals surface area contributed by atoms with E-state index in [4.69, 9.17) is 9.47 Å². The number of hydrogen-bond donors (Lipinski definition) is 2. The fourth-order valence-electron chi connectivity index (χ4n) is 1.50. The van der Waals surface area contributed by atoms with Crippen LogP contribution in [0.1, 0.15) is 26.7 Å². The van der Waals surface area contributed by atoms with Crippen LogP contribution in [0.25, 0.3) is 0 Å². The van der Waals surface area contributed by atoms with Crippen molar-refractivity contribution in [3.05, 3.63) is 0 Å². The Morgan fingerprint density at radius 1 is 1.29 bits per heavy atom. The third kappa shape index (κ3) is 8.12. The van der Waals surface area contributed by atoms with Crippen molar-refractivity contribution >= 4 is 5.91 Å². The van der Waals surface area contributed by atoms with Crippen molar-refractivity contribution in [3.8, 4) is 0 Å². The van der Waals surface area contributed by atoms with E-state index in [-0.39, 0.29) is 18.0 Å². The van der Waals surface area contributed by atoms with Crippen LogP contribution in [0.4, 0.5) is 0 Å². The molecule has 0 aliphatic carbocycles. The van der Waals surface area contributed by atoms with Gasteiger partial charge in [-0.3, -0.25) is 4.79 Å². The third-order valence-electron chi connectivity index (χ3n) is 2.56. The van der Waals surface area contributed by atoms with Gasteiger partial charge in [-0.05, 0) is 19.8 Å². The van der Waals surface area contributed by atoms with Crippen molar-refractivity contribution in [1.29, 1.82) is 0 Å². The highest BCUT2D eigenvalue weighted by atomic mass is 16.5. The van der Waals surface area contributed by atoms with Gasteiger partial charge in [0.1, 0.15) is 0 Å². The van der Waals surface area contributed by atoms with E-state index < -0.39 is 0 Å². The molecule has 0 rings (SSSR count). The fraction of sp³-hybridized carbons (Fsp3) is 0.917. The van der Waals surface area contributed by atoms with E-state index in [0.29, 0.717) is 19.8 Å². The van der Waals surface area contributed by atoms with Crippen molar-refractivity contribution in [2.45, 2.75) is 38.8 Å². The normalized spacial score (nSPS) is 14.4. The average Bonchev–Trinajstić information content (AvgIpc) is 2.33. The summed E-state index contributed by atoms with van der Waals surface area (Å²) in [6.07, 6.45) is 1.78. The van der Waals surface area contributed by atoms with Gasteiger partial charge in [0.2, 0.25) is 5.91 Å².